The van der Waals surface area contributed by atoms with Gasteiger partial charge in [-0.15, -0.1) is 0 Å². The molecule has 0 saturated carbocycles. The van der Waals surface area contributed by atoms with Crippen molar-refractivity contribution in [2.75, 3.05) is 13.1 Å². The van der Waals surface area contributed by atoms with Gasteiger partial charge >= 0.3 is 0 Å². The number of hydrogen-bond donors (Lipinski definition) is 1. The molecule has 1 aromatic rings. The lowest BCUT2D eigenvalue weighted by Gasteiger charge is -2.21. The van der Waals surface area contributed by atoms with Gasteiger partial charge in [-0.2, -0.15) is 0 Å². The molecule has 0 radical (unpaired) electrons. The van der Waals surface area contributed by atoms with Gasteiger partial charge in [-0.05, 0) is 44.3 Å². The van der Waals surface area contributed by atoms with Crippen molar-refractivity contribution in [3.8, 4) is 0 Å². The lowest BCUT2D eigenvalue weighted by molar-refractivity contribution is 0.370. The topological polar surface area (TPSA) is 37.8 Å². The standard InChI is InChI=1S/C11H17N3/c1-9-6-13-11(14-7-9)5-10-3-2-4-12-8-10/h6-7,10,12H,2-5,8H2,1H3. The molecule has 1 saturated heterocycles. The van der Waals surface area contributed by atoms with Crippen LogP contribution in [0, 0.1) is 12.8 Å². The molecule has 76 valence electrons. The van der Waals surface area contributed by atoms with Gasteiger partial charge < -0.3 is 5.32 Å². The Bertz CT molecular complexity index is 275. The molecule has 14 heavy (non-hydrogen) atoms. The number of nitrogens with one attached hydrogen (secondary N) is 1. The van der Waals surface area contributed by atoms with E-state index in [4.69, 9.17) is 0 Å². The summed E-state index contributed by atoms with van der Waals surface area (Å²) >= 11 is 0. The second kappa shape index (κ2) is 4.51. The van der Waals surface area contributed by atoms with Gasteiger partial charge in [-0.1, -0.05) is 0 Å². The summed E-state index contributed by atoms with van der Waals surface area (Å²) in [6.45, 7) is 4.31. The number of aromatic nitrogens is 2. The van der Waals surface area contributed by atoms with E-state index in [9.17, 15) is 0 Å². The average Bonchev–Trinajstić information content (AvgIpc) is 2.23. The van der Waals surface area contributed by atoms with E-state index in [0.29, 0.717) is 0 Å². The van der Waals surface area contributed by atoms with Crippen LogP contribution in [0.5, 0.6) is 0 Å². The number of rotatable bonds is 2. The van der Waals surface area contributed by atoms with Crippen LogP contribution >= 0.6 is 0 Å². The third kappa shape index (κ3) is 2.51. The normalized spacial score (nSPS) is 22.2. The first-order valence-corrected chi connectivity index (χ1v) is 5.33. The van der Waals surface area contributed by atoms with Crippen molar-refractivity contribution in [2.45, 2.75) is 26.2 Å². The molecular weight excluding hydrogens is 174 g/mol. The van der Waals surface area contributed by atoms with Crippen molar-refractivity contribution in [3.05, 3.63) is 23.8 Å². The van der Waals surface area contributed by atoms with E-state index in [1.807, 2.05) is 19.3 Å². The lowest BCUT2D eigenvalue weighted by atomic mass is 9.96. The lowest BCUT2D eigenvalue weighted by Crippen LogP contribution is -2.31. The maximum absolute atomic E-state index is 4.33. The second-order valence-corrected chi connectivity index (χ2v) is 4.09. The first-order chi connectivity index (χ1) is 6.84. The minimum Gasteiger partial charge on any atom is -0.316 e. The van der Waals surface area contributed by atoms with Crippen LogP contribution in [0.1, 0.15) is 24.2 Å². The van der Waals surface area contributed by atoms with Crippen molar-refractivity contribution in [2.24, 2.45) is 5.92 Å². The molecule has 0 aromatic carbocycles. The Morgan fingerprint density at radius 3 is 2.86 bits per heavy atom. The summed E-state index contributed by atoms with van der Waals surface area (Å²) in [5, 5.41) is 3.41. The van der Waals surface area contributed by atoms with Gasteiger partial charge in [0.05, 0.1) is 0 Å². The highest BCUT2D eigenvalue weighted by atomic mass is 14.9. The highest BCUT2D eigenvalue weighted by molar-refractivity contribution is 5.02. The quantitative estimate of drug-likeness (QED) is 0.766. The summed E-state index contributed by atoms with van der Waals surface area (Å²) in [5.74, 6) is 1.72. The van der Waals surface area contributed by atoms with Crippen LogP contribution in [-0.2, 0) is 6.42 Å². The third-order valence-corrected chi connectivity index (χ3v) is 2.70. The fourth-order valence-electron chi connectivity index (χ4n) is 1.88. The van der Waals surface area contributed by atoms with Crippen LogP contribution in [0.4, 0.5) is 0 Å². The molecule has 1 aliphatic heterocycles. The predicted molar refractivity (Wildman–Crippen MR) is 56.1 cm³/mol. The number of piperidine rings is 1. The largest absolute Gasteiger partial charge is 0.316 e. The van der Waals surface area contributed by atoms with Crippen LogP contribution in [0.25, 0.3) is 0 Å². The van der Waals surface area contributed by atoms with Gasteiger partial charge in [0.1, 0.15) is 5.82 Å². The monoisotopic (exact) mass is 191 g/mol. The first-order valence-electron chi connectivity index (χ1n) is 5.33. The van der Waals surface area contributed by atoms with Crippen molar-refractivity contribution in [1.29, 1.82) is 0 Å². The zero-order valence-electron chi connectivity index (χ0n) is 8.66. The van der Waals surface area contributed by atoms with Crippen LogP contribution in [0.3, 0.4) is 0 Å². The summed E-state index contributed by atoms with van der Waals surface area (Å²) in [5.41, 5.74) is 1.13. The second-order valence-electron chi connectivity index (χ2n) is 4.09. The van der Waals surface area contributed by atoms with E-state index in [2.05, 4.69) is 15.3 Å². The Balaban J connectivity index is 1.92. The van der Waals surface area contributed by atoms with E-state index >= 15 is 0 Å². The third-order valence-electron chi connectivity index (χ3n) is 2.70. The summed E-state index contributed by atoms with van der Waals surface area (Å²) in [4.78, 5) is 8.67. The maximum atomic E-state index is 4.33. The SMILES string of the molecule is Cc1cnc(CC2CCCNC2)nc1. The van der Waals surface area contributed by atoms with Gasteiger partial charge in [-0.3, -0.25) is 0 Å². The summed E-state index contributed by atoms with van der Waals surface area (Å²) in [7, 11) is 0. The molecule has 0 spiro atoms. The summed E-state index contributed by atoms with van der Waals surface area (Å²) in [6.07, 6.45) is 7.42. The predicted octanol–water partition coefficient (Wildman–Crippen LogP) is 1.33. The Labute approximate surface area is 85.0 Å². The molecule has 1 aliphatic rings. The molecule has 1 unspecified atom stereocenters. The molecule has 0 aliphatic carbocycles. The molecule has 2 rings (SSSR count). The van der Waals surface area contributed by atoms with Crippen LogP contribution in [-0.4, -0.2) is 23.1 Å². The Morgan fingerprint density at radius 2 is 2.21 bits per heavy atom. The van der Waals surface area contributed by atoms with Gasteiger partial charge in [-0.25, -0.2) is 9.97 Å². The molecular formula is C11H17N3. The Kier molecular flexibility index (Phi) is 3.09. The fourth-order valence-corrected chi connectivity index (χ4v) is 1.88. The van der Waals surface area contributed by atoms with Gasteiger partial charge in [0, 0.05) is 18.8 Å². The van der Waals surface area contributed by atoms with Crippen LogP contribution in [0.2, 0.25) is 0 Å². The minimum absolute atomic E-state index is 0.728. The van der Waals surface area contributed by atoms with Gasteiger partial charge in [0.2, 0.25) is 0 Å². The van der Waals surface area contributed by atoms with Crippen molar-refractivity contribution in [3.63, 3.8) is 0 Å². The molecule has 0 amide bonds. The molecule has 0 bridgehead atoms. The zero-order valence-corrected chi connectivity index (χ0v) is 8.66. The molecule has 3 heteroatoms. The molecule has 2 heterocycles. The fraction of sp³-hybridized carbons (Fsp3) is 0.636. The molecule has 1 N–H and O–H groups in total. The van der Waals surface area contributed by atoms with Crippen LogP contribution < -0.4 is 5.32 Å². The van der Waals surface area contributed by atoms with E-state index in [1.165, 1.54) is 19.4 Å². The average molecular weight is 191 g/mol. The molecule has 3 nitrogen and oxygen atoms in total. The highest BCUT2D eigenvalue weighted by Crippen LogP contribution is 2.13. The van der Waals surface area contributed by atoms with Gasteiger partial charge in [0.25, 0.3) is 0 Å². The molecule has 1 fully saturated rings. The Morgan fingerprint density at radius 1 is 1.43 bits per heavy atom. The maximum Gasteiger partial charge on any atom is 0.128 e. The van der Waals surface area contributed by atoms with E-state index in [0.717, 1.165) is 30.3 Å². The Hall–Kier alpha value is -0.960. The highest BCUT2D eigenvalue weighted by Gasteiger charge is 2.14. The molecule has 1 atom stereocenters. The summed E-state index contributed by atoms with van der Waals surface area (Å²) in [6, 6.07) is 0. The van der Waals surface area contributed by atoms with Gasteiger partial charge in [0.15, 0.2) is 0 Å². The van der Waals surface area contributed by atoms with Crippen LogP contribution in [0.15, 0.2) is 12.4 Å². The minimum atomic E-state index is 0.728. The van der Waals surface area contributed by atoms with E-state index in [1.54, 1.807) is 0 Å². The number of aryl methyl sites for hydroxylation is 1. The van der Waals surface area contributed by atoms with Crippen molar-refractivity contribution < 1.29 is 0 Å². The van der Waals surface area contributed by atoms with E-state index in [-0.39, 0.29) is 0 Å². The molecule has 1 aromatic heterocycles. The first kappa shape index (κ1) is 9.59. The van der Waals surface area contributed by atoms with E-state index < -0.39 is 0 Å². The van der Waals surface area contributed by atoms with Crippen molar-refractivity contribution in [1.82, 2.24) is 15.3 Å². The van der Waals surface area contributed by atoms with Crippen molar-refractivity contribution >= 4 is 0 Å². The number of hydrogen-bond acceptors (Lipinski definition) is 3. The summed E-state index contributed by atoms with van der Waals surface area (Å²) < 4.78 is 0. The smallest absolute Gasteiger partial charge is 0.128 e. The number of nitrogens with zero attached hydrogens (tertiary/aromatic N) is 2. The zero-order chi connectivity index (χ0) is 9.80.